The molecule has 4 nitrogen and oxygen atoms in total. The molecule has 0 bridgehead atoms. The van der Waals surface area contributed by atoms with E-state index in [0.717, 1.165) is 15.6 Å². The van der Waals surface area contributed by atoms with E-state index in [-0.39, 0.29) is 23.3 Å². The van der Waals surface area contributed by atoms with Crippen LogP contribution in [0, 0.1) is 5.82 Å². The van der Waals surface area contributed by atoms with Gasteiger partial charge in [-0.05, 0) is 48.5 Å². The number of amides is 1. The maximum absolute atomic E-state index is 13.0. The number of benzene rings is 2. The summed E-state index contributed by atoms with van der Waals surface area (Å²) in [4.78, 5) is 28.2. The smallest absolute Gasteiger partial charge is 0.224 e. The zero-order valence-corrected chi connectivity index (χ0v) is 16.2. The van der Waals surface area contributed by atoms with Crippen molar-refractivity contribution >= 4 is 40.5 Å². The fourth-order valence-electron chi connectivity index (χ4n) is 2.28. The van der Waals surface area contributed by atoms with E-state index in [9.17, 15) is 14.0 Å². The van der Waals surface area contributed by atoms with Gasteiger partial charge in [-0.15, -0.1) is 11.3 Å². The third-order valence-corrected chi connectivity index (χ3v) is 5.78. The summed E-state index contributed by atoms with van der Waals surface area (Å²) >= 11 is 2.83. The third kappa shape index (κ3) is 5.24. The number of thiazole rings is 1. The molecular weight excluding hydrogens is 383 g/mol. The molecule has 0 saturated carbocycles. The van der Waals surface area contributed by atoms with Crippen LogP contribution in [0.15, 0.2) is 58.3 Å². The van der Waals surface area contributed by atoms with Crippen molar-refractivity contribution in [1.82, 2.24) is 4.98 Å². The summed E-state index contributed by atoms with van der Waals surface area (Å²) in [6.45, 7) is 1.78. The Morgan fingerprint density at radius 1 is 1.11 bits per heavy atom. The largest absolute Gasteiger partial charge is 0.326 e. The van der Waals surface area contributed by atoms with E-state index < -0.39 is 0 Å². The van der Waals surface area contributed by atoms with Crippen molar-refractivity contribution in [3.8, 4) is 11.3 Å². The molecule has 27 heavy (non-hydrogen) atoms. The van der Waals surface area contributed by atoms with E-state index in [0.29, 0.717) is 17.7 Å². The highest BCUT2D eigenvalue weighted by molar-refractivity contribution is 8.01. The Balaban J connectivity index is 1.57. The molecule has 0 atom stereocenters. The van der Waals surface area contributed by atoms with Gasteiger partial charge in [0.1, 0.15) is 5.82 Å². The standard InChI is InChI=1S/C20H17FN2O2S2/c1-2-19(25)22-16-9-5-14(6-10-16)18(24)12-27-20-23-17(11-26-20)13-3-7-15(21)8-4-13/h3-11H,2,12H2,1H3,(H,22,25). The van der Waals surface area contributed by atoms with Crippen LogP contribution in [0.4, 0.5) is 10.1 Å². The zero-order valence-electron chi connectivity index (χ0n) is 14.6. The number of aromatic nitrogens is 1. The van der Waals surface area contributed by atoms with Crippen LogP contribution in [-0.4, -0.2) is 22.4 Å². The molecule has 0 aliphatic heterocycles. The van der Waals surface area contributed by atoms with Crippen LogP contribution >= 0.6 is 23.1 Å². The van der Waals surface area contributed by atoms with Crippen molar-refractivity contribution in [1.29, 1.82) is 0 Å². The normalized spacial score (nSPS) is 10.6. The first-order valence-corrected chi connectivity index (χ1v) is 10.2. The minimum Gasteiger partial charge on any atom is -0.326 e. The van der Waals surface area contributed by atoms with Crippen LogP contribution in [-0.2, 0) is 4.79 Å². The van der Waals surface area contributed by atoms with E-state index in [4.69, 9.17) is 0 Å². The molecule has 3 rings (SSSR count). The maximum Gasteiger partial charge on any atom is 0.224 e. The van der Waals surface area contributed by atoms with Gasteiger partial charge in [0.2, 0.25) is 5.91 Å². The van der Waals surface area contributed by atoms with Crippen molar-refractivity contribution in [2.24, 2.45) is 0 Å². The van der Waals surface area contributed by atoms with Crippen molar-refractivity contribution in [2.75, 3.05) is 11.1 Å². The van der Waals surface area contributed by atoms with Crippen molar-refractivity contribution in [3.63, 3.8) is 0 Å². The fraction of sp³-hybridized carbons (Fsp3) is 0.150. The Hall–Kier alpha value is -2.51. The number of halogens is 1. The summed E-state index contributed by atoms with van der Waals surface area (Å²) < 4.78 is 13.8. The molecule has 2 aromatic carbocycles. The molecule has 3 aromatic rings. The molecule has 1 heterocycles. The number of carbonyl (C=O) groups is 2. The maximum atomic E-state index is 13.0. The summed E-state index contributed by atoms with van der Waals surface area (Å²) in [5, 5.41) is 4.64. The Labute approximate surface area is 164 Å². The second kappa shape index (κ2) is 8.92. The number of nitrogens with one attached hydrogen (secondary N) is 1. The highest BCUT2D eigenvalue weighted by Crippen LogP contribution is 2.29. The molecular formula is C20H17FN2O2S2. The molecule has 0 spiro atoms. The second-order valence-corrected chi connectivity index (χ2v) is 7.78. The minimum atomic E-state index is -0.283. The minimum absolute atomic E-state index is 0.00750. The highest BCUT2D eigenvalue weighted by atomic mass is 32.2. The van der Waals surface area contributed by atoms with E-state index in [1.54, 1.807) is 43.3 Å². The average Bonchev–Trinajstić information content (AvgIpc) is 3.16. The highest BCUT2D eigenvalue weighted by Gasteiger charge is 2.10. The van der Waals surface area contributed by atoms with E-state index in [1.807, 2.05) is 5.38 Å². The molecule has 0 aliphatic rings. The first-order valence-electron chi connectivity index (χ1n) is 8.32. The first-order chi connectivity index (χ1) is 13.0. The topological polar surface area (TPSA) is 59.1 Å². The molecule has 1 N–H and O–H groups in total. The van der Waals surface area contributed by atoms with Crippen molar-refractivity contribution in [3.05, 3.63) is 65.3 Å². The van der Waals surface area contributed by atoms with Crippen LogP contribution in [0.2, 0.25) is 0 Å². The third-order valence-electron chi connectivity index (χ3n) is 3.76. The molecule has 1 aromatic heterocycles. The predicted octanol–water partition coefficient (Wildman–Crippen LogP) is 5.27. The lowest BCUT2D eigenvalue weighted by Gasteiger charge is -2.04. The van der Waals surface area contributed by atoms with Crippen molar-refractivity contribution < 1.29 is 14.0 Å². The molecule has 0 radical (unpaired) electrons. The average molecular weight is 400 g/mol. The molecule has 0 saturated heterocycles. The molecule has 1 amide bonds. The Bertz CT molecular complexity index is 937. The van der Waals surface area contributed by atoms with Crippen LogP contribution in [0.5, 0.6) is 0 Å². The van der Waals surface area contributed by atoms with Gasteiger partial charge in [0.25, 0.3) is 0 Å². The van der Waals surface area contributed by atoms with E-state index >= 15 is 0 Å². The number of Topliss-reactive ketones (excluding diaryl/α,β-unsaturated/α-hetero) is 1. The molecule has 138 valence electrons. The molecule has 0 fully saturated rings. The number of anilines is 1. The van der Waals surface area contributed by atoms with Gasteiger partial charge in [-0.25, -0.2) is 9.37 Å². The van der Waals surface area contributed by atoms with Gasteiger partial charge in [-0.1, -0.05) is 18.7 Å². The number of carbonyl (C=O) groups excluding carboxylic acids is 2. The van der Waals surface area contributed by atoms with Crippen LogP contribution in [0.3, 0.4) is 0 Å². The second-order valence-electron chi connectivity index (χ2n) is 5.70. The summed E-state index contributed by atoms with van der Waals surface area (Å²) in [5.41, 5.74) is 2.88. The first kappa shape index (κ1) is 19.3. The Kier molecular flexibility index (Phi) is 6.36. The fourth-order valence-corrected chi connectivity index (χ4v) is 4.01. The number of hydrogen-bond acceptors (Lipinski definition) is 5. The van der Waals surface area contributed by atoms with Gasteiger partial charge in [0.15, 0.2) is 10.1 Å². The van der Waals surface area contributed by atoms with Crippen LogP contribution in [0.25, 0.3) is 11.3 Å². The lowest BCUT2D eigenvalue weighted by atomic mass is 10.1. The zero-order chi connectivity index (χ0) is 19.2. The SMILES string of the molecule is CCC(=O)Nc1ccc(C(=O)CSc2nc(-c3ccc(F)cc3)cs2)cc1. The summed E-state index contributed by atoms with van der Waals surface area (Å²) in [6.07, 6.45) is 0.408. The molecule has 0 aliphatic carbocycles. The summed E-state index contributed by atoms with van der Waals surface area (Å²) in [5.74, 6) is -0.0801. The van der Waals surface area contributed by atoms with Gasteiger partial charge in [-0.3, -0.25) is 9.59 Å². The quantitative estimate of drug-likeness (QED) is 0.433. The van der Waals surface area contributed by atoms with Gasteiger partial charge in [0.05, 0.1) is 11.4 Å². The number of nitrogens with zero attached hydrogens (tertiary/aromatic N) is 1. The molecule has 0 unspecified atom stereocenters. The lowest BCUT2D eigenvalue weighted by molar-refractivity contribution is -0.115. The monoisotopic (exact) mass is 400 g/mol. The lowest BCUT2D eigenvalue weighted by Crippen LogP contribution is -2.09. The van der Waals surface area contributed by atoms with E-state index in [2.05, 4.69) is 10.3 Å². The Morgan fingerprint density at radius 2 is 1.81 bits per heavy atom. The Morgan fingerprint density at radius 3 is 2.48 bits per heavy atom. The summed E-state index contributed by atoms with van der Waals surface area (Å²) in [7, 11) is 0. The number of ketones is 1. The van der Waals surface area contributed by atoms with Crippen LogP contribution < -0.4 is 5.32 Å². The number of thioether (sulfide) groups is 1. The predicted molar refractivity (Wildman–Crippen MR) is 108 cm³/mol. The van der Waals surface area contributed by atoms with Crippen molar-refractivity contribution in [2.45, 2.75) is 17.7 Å². The van der Waals surface area contributed by atoms with Gasteiger partial charge < -0.3 is 5.32 Å². The molecule has 7 heteroatoms. The van der Waals surface area contributed by atoms with Gasteiger partial charge in [0, 0.05) is 28.6 Å². The van der Waals surface area contributed by atoms with Gasteiger partial charge >= 0.3 is 0 Å². The van der Waals surface area contributed by atoms with Crippen LogP contribution in [0.1, 0.15) is 23.7 Å². The summed E-state index contributed by atoms with van der Waals surface area (Å²) in [6, 6.07) is 13.0. The van der Waals surface area contributed by atoms with Gasteiger partial charge in [-0.2, -0.15) is 0 Å². The van der Waals surface area contributed by atoms with E-state index in [1.165, 1.54) is 35.2 Å². The number of rotatable bonds is 7. The number of hydrogen-bond donors (Lipinski definition) is 1.